The third-order valence-corrected chi connectivity index (χ3v) is 11.9. The van der Waals surface area contributed by atoms with Gasteiger partial charge in [-0.3, -0.25) is 0 Å². The molecule has 0 amide bonds. The summed E-state index contributed by atoms with van der Waals surface area (Å²) in [7, 11) is 0. The van der Waals surface area contributed by atoms with Crippen molar-refractivity contribution in [2.45, 2.75) is 0 Å². The van der Waals surface area contributed by atoms with Gasteiger partial charge < -0.3 is 8.98 Å². The van der Waals surface area contributed by atoms with Crippen LogP contribution in [0.15, 0.2) is 156 Å². The summed E-state index contributed by atoms with van der Waals surface area (Å²) in [4.78, 5) is 0. The fourth-order valence-corrected chi connectivity index (χ4v) is 9.72. The second kappa shape index (κ2) is 9.25. The molecule has 0 N–H and O–H groups in total. The van der Waals surface area contributed by atoms with Gasteiger partial charge in [-0.2, -0.15) is 0 Å². The number of furan rings is 1. The Hall–Kier alpha value is -6.16. The van der Waals surface area contributed by atoms with Crippen molar-refractivity contribution in [3.05, 3.63) is 152 Å². The van der Waals surface area contributed by atoms with Crippen molar-refractivity contribution in [2.24, 2.45) is 0 Å². The largest absolute Gasteiger partial charge is 0.456 e. The molecule has 0 unspecified atom stereocenters. The Morgan fingerprint density at radius 3 is 1.98 bits per heavy atom. The Labute approximate surface area is 284 Å². The molecule has 0 bridgehead atoms. The predicted octanol–water partition coefficient (Wildman–Crippen LogP) is 13.5. The lowest BCUT2D eigenvalue weighted by Crippen LogP contribution is -1.93. The lowest BCUT2D eigenvalue weighted by atomic mass is 9.93. The summed E-state index contributed by atoms with van der Waals surface area (Å²) in [5.74, 6) is 0. The van der Waals surface area contributed by atoms with Gasteiger partial charge in [0.15, 0.2) is 0 Å². The minimum Gasteiger partial charge on any atom is -0.456 e. The SMILES string of the molecule is c1ccc2c(c1)-c1cccc3c(-c4ccc5oc6ccc(-n7c8ccccc8c8cc9sc%10ccccc%10c9cc87)cc6c5c4)ccc-2c13. The Morgan fingerprint density at radius 2 is 1.08 bits per heavy atom. The molecule has 3 aromatic heterocycles. The first-order chi connectivity index (χ1) is 24.3. The molecule has 8 aromatic carbocycles. The molecule has 1 aliphatic rings. The van der Waals surface area contributed by atoms with E-state index in [-0.39, 0.29) is 0 Å². The number of fused-ring (bicyclic) bond motifs is 12. The molecule has 2 nitrogen and oxygen atoms in total. The maximum Gasteiger partial charge on any atom is 0.135 e. The van der Waals surface area contributed by atoms with E-state index >= 15 is 0 Å². The average molecular weight is 640 g/mol. The summed E-state index contributed by atoms with van der Waals surface area (Å²) in [5, 5.41) is 10.1. The van der Waals surface area contributed by atoms with Crippen LogP contribution in [0.3, 0.4) is 0 Å². The standard InChI is InChI=1S/C46H25NOS/c1-2-9-30-29(8-1)34-13-7-12-33-28(18-19-35(30)46(33)34)26-16-20-42-37(22-26)38-23-27(17-21-43(38)48-42)47-40-14-5-3-10-31(40)36-25-45-39(24-41(36)47)32-11-4-6-15-44(32)49-45/h1-25H. The number of thiophene rings is 1. The van der Waals surface area contributed by atoms with Crippen LogP contribution in [0, 0.1) is 0 Å². The monoisotopic (exact) mass is 639 g/mol. The number of benzene rings is 8. The van der Waals surface area contributed by atoms with Gasteiger partial charge in [0.1, 0.15) is 11.2 Å². The topological polar surface area (TPSA) is 18.1 Å². The Bertz CT molecular complexity index is 3200. The highest BCUT2D eigenvalue weighted by atomic mass is 32.1. The van der Waals surface area contributed by atoms with E-state index in [1.807, 2.05) is 11.3 Å². The van der Waals surface area contributed by atoms with Crippen molar-refractivity contribution in [3.8, 4) is 39.1 Å². The molecule has 0 saturated heterocycles. The van der Waals surface area contributed by atoms with Gasteiger partial charge in [-0.05, 0) is 98.8 Å². The van der Waals surface area contributed by atoms with E-state index in [0.717, 1.165) is 27.6 Å². The zero-order valence-electron chi connectivity index (χ0n) is 26.2. The Morgan fingerprint density at radius 1 is 0.388 bits per heavy atom. The molecule has 11 aromatic rings. The molecule has 0 aliphatic heterocycles. The van der Waals surface area contributed by atoms with E-state index in [1.165, 1.54) is 86.1 Å². The van der Waals surface area contributed by atoms with E-state index in [2.05, 4.69) is 156 Å². The lowest BCUT2D eigenvalue weighted by molar-refractivity contribution is 0.669. The summed E-state index contributed by atoms with van der Waals surface area (Å²) in [5.41, 5.74) is 13.1. The minimum absolute atomic E-state index is 0.902. The number of hydrogen-bond acceptors (Lipinski definition) is 2. The maximum absolute atomic E-state index is 6.46. The van der Waals surface area contributed by atoms with E-state index in [1.54, 1.807) is 0 Å². The van der Waals surface area contributed by atoms with Crippen LogP contribution in [0.4, 0.5) is 0 Å². The van der Waals surface area contributed by atoms with Crippen molar-refractivity contribution in [1.82, 2.24) is 4.57 Å². The number of rotatable bonds is 2. The number of hydrogen-bond donors (Lipinski definition) is 0. The van der Waals surface area contributed by atoms with Crippen LogP contribution in [0.25, 0.3) is 114 Å². The first-order valence-electron chi connectivity index (χ1n) is 16.8. The van der Waals surface area contributed by atoms with Crippen molar-refractivity contribution in [3.63, 3.8) is 0 Å². The second-order valence-electron chi connectivity index (χ2n) is 13.2. The quantitative estimate of drug-likeness (QED) is 0.184. The zero-order valence-corrected chi connectivity index (χ0v) is 27.0. The van der Waals surface area contributed by atoms with Crippen LogP contribution >= 0.6 is 11.3 Å². The summed E-state index contributed by atoms with van der Waals surface area (Å²) < 4.78 is 11.5. The van der Waals surface area contributed by atoms with Gasteiger partial charge in [-0.25, -0.2) is 0 Å². The van der Waals surface area contributed by atoms with Crippen LogP contribution in [-0.4, -0.2) is 4.57 Å². The molecule has 3 heterocycles. The van der Waals surface area contributed by atoms with Crippen LogP contribution in [0.5, 0.6) is 0 Å². The van der Waals surface area contributed by atoms with Gasteiger partial charge in [0.25, 0.3) is 0 Å². The van der Waals surface area contributed by atoms with Gasteiger partial charge in [-0.1, -0.05) is 97.1 Å². The number of aromatic nitrogens is 1. The van der Waals surface area contributed by atoms with Gasteiger partial charge in [0.2, 0.25) is 0 Å². The van der Waals surface area contributed by atoms with Gasteiger partial charge in [-0.15, -0.1) is 11.3 Å². The highest BCUT2D eigenvalue weighted by Crippen LogP contribution is 2.49. The molecular formula is C46H25NOS. The second-order valence-corrected chi connectivity index (χ2v) is 14.3. The molecule has 0 saturated carbocycles. The first kappa shape index (κ1) is 25.9. The predicted molar refractivity (Wildman–Crippen MR) is 208 cm³/mol. The van der Waals surface area contributed by atoms with Crippen LogP contribution in [0.2, 0.25) is 0 Å². The third kappa shape index (κ3) is 3.40. The summed E-state index contributed by atoms with van der Waals surface area (Å²) in [6, 6.07) is 55.7. The highest BCUT2D eigenvalue weighted by Gasteiger charge is 2.23. The molecule has 0 atom stereocenters. The van der Waals surface area contributed by atoms with E-state index < -0.39 is 0 Å². The third-order valence-electron chi connectivity index (χ3n) is 10.7. The molecule has 0 radical (unpaired) electrons. The minimum atomic E-state index is 0.902. The van der Waals surface area contributed by atoms with Crippen LogP contribution in [-0.2, 0) is 0 Å². The molecule has 0 fully saturated rings. The molecule has 49 heavy (non-hydrogen) atoms. The average Bonchev–Trinajstić information content (AvgIpc) is 3.89. The first-order valence-corrected chi connectivity index (χ1v) is 17.6. The van der Waals surface area contributed by atoms with Crippen LogP contribution < -0.4 is 0 Å². The van der Waals surface area contributed by atoms with Crippen molar-refractivity contribution in [2.75, 3.05) is 0 Å². The van der Waals surface area contributed by atoms with Gasteiger partial charge in [0.05, 0.1) is 11.0 Å². The highest BCUT2D eigenvalue weighted by molar-refractivity contribution is 7.25. The van der Waals surface area contributed by atoms with Gasteiger partial charge >= 0.3 is 0 Å². The number of para-hydroxylation sites is 1. The van der Waals surface area contributed by atoms with Crippen molar-refractivity contribution >= 4 is 86.0 Å². The Balaban J connectivity index is 1.09. The molecular weight excluding hydrogens is 615 g/mol. The molecule has 1 aliphatic carbocycles. The van der Waals surface area contributed by atoms with E-state index in [0.29, 0.717) is 0 Å². The normalized spacial score (nSPS) is 12.5. The van der Waals surface area contributed by atoms with Crippen molar-refractivity contribution in [1.29, 1.82) is 0 Å². The fourth-order valence-electron chi connectivity index (χ4n) is 8.60. The lowest BCUT2D eigenvalue weighted by Gasteiger charge is -2.10. The van der Waals surface area contributed by atoms with Gasteiger partial charge in [0, 0.05) is 47.4 Å². The zero-order chi connectivity index (χ0) is 31.8. The van der Waals surface area contributed by atoms with E-state index in [9.17, 15) is 0 Å². The molecule has 12 rings (SSSR count). The van der Waals surface area contributed by atoms with Crippen molar-refractivity contribution < 1.29 is 4.42 Å². The fraction of sp³-hybridized carbons (Fsp3) is 0. The maximum atomic E-state index is 6.46. The summed E-state index contributed by atoms with van der Waals surface area (Å²) in [6.07, 6.45) is 0. The summed E-state index contributed by atoms with van der Waals surface area (Å²) >= 11 is 1.87. The number of nitrogens with zero attached hydrogens (tertiary/aromatic N) is 1. The van der Waals surface area contributed by atoms with Crippen LogP contribution in [0.1, 0.15) is 0 Å². The smallest absolute Gasteiger partial charge is 0.135 e. The molecule has 226 valence electrons. The Kier molecular flexibility index (Phi) is 4.89. The molecule has 0 spiro atoms. The van der Waals surface area contributed by atoms with E-state index in [4.69, 9.17) is 4.42 Å². The summed E-state index contributed by atoms with van der Waals surface area (Å²) in [6.45, 7) is 0. The molecule has 3 heteroatoms.